The summed E-state index contributed by atoms with van der Waals surface area (Å²) in [5, 5.41) is 10.5. The van der Waals surface area contributed by atoms with Crippen molar-refractivity contribution in [3.05, 3.63) is 179 Å². The van der Waals surface area contributed by atoms with Crippen LogP contribution in [0.25, 0.3) is 77.5 Å². The van der Waals surface area contributed by atoms with E-state index in [0.717, 1.165) is 9.52 Å². The molecule has 0 aromatic heterocycles. The molecule has 0 fully saturated rings. The number of rotatable bonds is 10. The fourth-order valence-corrected chi connectivity index (χ4v) is 11.6. The molecule has 10 rings (SSSR count). The number of hydrogen-bond acceptors (Lipinski definition) is 0. The van der Waals surface area contributed by atoms with E-state index < -0.39 is 0 Å². The maximum atomic E-state index is 2.58. The predicted molar refractivity (Wildman–Crippen MR) is 240 cm³/mol. The van der Waals surface area contributed by atoms with Gasteiger partial charge in [-0.15, -0.1) is 0 Å². The van der Waals surface area contributed by atoms with Gasteiger partial charge in [-0.3, -0.25) is 0 Å². The SMILES string of the molecule is CCCC1=Cc2c(-c3cccc4cc5ccccc5cc34)cccc2C1C[Si]CC1C(CCC)=Cc2c(-c3cccc4cc5ccccc5cc34)cccc21. The van der Waals surface area contributed by atoms with Crippen molar-refractivity contribution in [2.45, 2.75) is 63.5 Å². The van der Waals surface area contributed by atoms with Crippen LogP contribution in [0.15, 0.2) is 157 Å². The van der Waals surface area contributed by atoms with Crippen LogP contribution in [0.2, 0.25) is 12.1 Å². The van der Waals surface area contributed by atoms with Gasteiger partial charge in [0.15, 0.2) is 0 Å². The van der Waals surface area contributed by atoms with Gasteiger partial charge in [0.05, 0.1) is 0 Å². The van der Waals surface area contributed by atoms with E-state index in [1.807, 2.05) is 0 Å². The quantitative estimate of drug-likeness (QED) is 0.0974. The molecule has 55 heavy (non-hydrogen) atoms. The van der Waals surface area contributed by atoms with Gasteiger partial charge in [-0.05, 0) is 125 Å². The summed E-state index contributed by atoms with van der Waals surface area (Å²) in [5.74, 6) is 1.00. The normalized spacial score (nSPS) is 16.2. The molecule has 2 unspecified atom stereocenters. The summed E-state index contributed by atoms with van der Waals surface area (Å²) in [6.45, 7) is 4.68. The maximum absolute atomic E-state index is 2.58. The molecular weight excluding hydrogens is 677 g/mol. The van der Waals surface area contributed by atoms with E-state index in [1.165, 1.54) is 125 Å². The van der Waals surface area contributed by atoms with E-state index in [2.05, 4.69) is 172 Å². The number of hydrogen-bond donors (Lipinski definition) is 0. The van der Waals surface area contributed by atoms with Crippen LogP contribution in [0.3, 0.4) is 0 Å². The van der Waals surface area contributed by atoms with Gasteiger partial charge in [0.25, 0.3) is 0 Å². The van der Waals surface area contributed by atoms with Gasteiger partial charge in [-0.2, -0.15) is 0 Å². The fraction of sp³-hybridized carbons (Fsp3) is 0.185. The molecule has 2 radical (unpaired) electrons. The second-order valence-electron chi connectivity index (χ2n) is 15.8. The topological polar surface area (TPSA) is 0 Å². The second kappa shape index (κ2) is 14.3. The Morgan fingerprint density at radius 3 is 1.22 bits per heavy atom. The lowest BCUT2D eigenvalue weighted by atomic mass is 9.90. The molecule has 2 aliphatic carbocycles. The van der Waals surface area contributed by atoms with Gasteiger partial charge in [0.1, 0.15) is 0 Å². The Morgan fingerprint density at radius 2 is 0.782 bits per heavy atom. The Kier molecular flexibility index (Phi) is 8.84. The van der Waals surface area contributed by atoms with Crippen molar-refractivity contribution < 1.29 is 0 Å². The molecule has 8 aromatic carbocycles. The summed E-state index contributed by atoms with van der Waals surface area (Å²) in [6, 6.07) is 57.4. The lowest BCUT2D eigenvalue weighted by Crippen LogP contribution is -2.08. The number of benzene rings is 8. The summed E-state index contributed by atoms with van der Waals surface area (Å²) in [6.07, 6.45) is 9.86. The smallest absolute Gasteiger partial charge is 0.0397 e. The summed E-state index contributed by atoms with van der Waals surface area (Å²) in [5.41, 5.74) is 14.7. The van der Waals surface area contributed by atoms with E-state index in [9.17, 15) is 0 Å². The standard InChI is InChI=1S/C54H46Si/c1-3-13-39-31-51-45(43-21-9-19-41-27-35-15-5-7-17-37(35)29-49(41)43)23-11-25-47(51)53(39)33-55-34-54-40(14-4-2)32-52-46(24-12-26-48(52)54)44-22-10-20-42-28-36-16-6-8-18-38(36)30-50(42)44/h5-12,15-32,53-54H,3-4,13-14,33-34H2,1-2H3. The molecule has 2 aliphatic rings. The average molecular weight is 723 g/mol. The Bertz CT molecular complexity index is 2640. The van der Waals surface area contributed by atoms with Crippen LogP contribution in [0, 0.1) is 0 Å². The first-order valence-electron chi connectivity index (χ1n) is 20.4. The first-order valence-corrected chi connectivity index (χ1v) is 21.8. The third-order valence-corrected chi connectivity index (χ3v) is 13.8. The van der Waals surface area contributed by atoms with E-state index >= 15 is 0 Å². The Hall–Kier alpha value is -5.50. The molecule has 0 spiro atoms. The highest BCUT2D eigenvalue weighted by molar-refractivity contribution is 6.36. The van der Waals surface area contributed by atoms with Gasteiger partial charge >= 0.3 is 0 Å². The van der Waals surface area contributed by atoms with Gasteiger partial charge in [0, 0.05) is 21.4 Å². The molecule has 0 heterocycles. The van der Waals surface area contributed by atoms with Crippen LogP contribution in [-0.4, -0.2) is 9.52 Å². The van der Waals surface area contributed by atoms with Crippen molar-refractivity contribution >= 4 is 64.8 Å². The highest BCUT2D eigenvalue weighted by atomic mass is 28.2. The van der Waals surface area contributed by atoms with Crippen molar-refractivity contribution in [1.82, 2.24) is 0 Å². The first kappa shape index (κ1) is 34.0. The van der Waals surface area contributed by atoms with Crippen LogP contribution in [0.5, 0.6) is 0 Å². The van der Waals surface area contributed by atoms with Gasteiger partial charge in [-0.1, -0.05) is 183 Å². The zero-order chi connectivity index (χ0) is 36.9. The Balaban J connectivity index is 0.965. The number of allylic oxidation sites excluding steroid dienone is 2. The van der Waals surface area contributed by atoms with Gasteiger partial charge in [0.2, 0.25) is 0 Å². The molecule has 0 nitrogen and oxygen atoms in total. The number of fused-ring (bicyclic) bond motifs is 6. The van der Waals surface area contributed by atoms with E-state index in [1.54, 1.807) is 11.1 Å². The van der Waals surface area contributed by atoms with Crippen molar-refractivity contribution in [1.29, 1.82) is 0 Å². The predicted octanol–water partition coefficient (Wildman–Crippen LogP) is 15.4. The van der Waals surface area contributed by atoms with Crippen LogP contribution in [0.1, 0.15) is 73.6 Å². The Labute approximate surface area is 328 Å². The molecule has 0 amide bonds. The molecule has 0 bridgehead atoms. The molecule has 2 atom stereocenters. The van der Waals surface area contributed by atoms with Crippen molar-refractivity contribution in [3.63, 3.8) is 0 Å². The first-order chi connectivity index (χ1) is 27.2. The van der Waals surface area contributed by atoms with E-state index in [4.69, 9.17) is 0 Å². The fourth-order valence-electron chi connectivity index (χ4n) is 9.86. The summed E-state index contributed by atoms with van der Waals surface area (Å²) in [4.78, 5) is 0. The molecule has 0 aliphatic heterocycles. The molecule has 0 saturated carbocycles. The minimum absolute atomic E-state index is 0.500. The van der Waals surface area contributed by atoms with E-state index in [0.29, 0.717) is 11.8 Å². The molecular formula is C54H46Si. The zero-order valence-corrected chi connectivity index (χ0v) is 32.9. The highest BCUT2D eigenvalue weighted by Crippen LogP contribution is 2.49. The maximum Gasteiger partial charge on any atom is 0.0397 e. The largest absolute Gasteiger partial charge is 0.0651 e. The monoisotopic (exact) mass is 722 g/mol. The summed E-state index contributed by atoms with van der Waals surface area (Å²) in [7, 11) is 0.897. The van der Waals surface area contributed by atoms with Crippen molar-refractivity contribution in [2.24, 2.45) is 0 Å². The highest BCUT2D eigenvalue weighted by Gasteiger charge is 2.30. The molecule has 0 saturated heterocycles. The molecule has 0 N–H and O–H groups in total. The van der Waals surface area contributed by atoms with Crippen LogP contribution in [0.4, 0.5) is 0 Å². The lowest BCUT2D eigenvalue weighted by Gasteiger charge is -2.21. The van der Waals surface area contributed by atoms with Gasteiger partial charge < -0.3 is 0 Å². The van der Waals surface area contributed by atoms with Crippen molar-refractivity contribution in [3.8, 4) is 22.3 Å². The van der Waals surface area contributed by atoms with Crippen LogP contribution in [-0.2, 0) is 0 Å². The average Bonchev–Trinajstić information content (AvgIpc) is 3.76. The summed E-state index contributed by atoms with van der Waals surface area (Å²) < 4.78 is 0. The summed E-state index contributed by atoms with van der Waals surface area (Å²) >= 11 is 0. The third kappa shape index (κ3) is 5.97. The molecule has 8 aromatic rings. The lowest BCUT2D eigenvalue weighted by molar-refractivity contribution is 0.781. The van der Waals surface area contributed by atoms with Crippen LogP contribution >= 0.6 is 0 Å². The van der Waals surface area contributed by atoms with Crippen LogP contribution < -0.4 is 0 Å². The molecule has 266 valence electrons. The second-order valence-corrected chi connectivity index (χ2v) is 17.1. The Morgan fingerprint density at radius 1 is 0.400 bits per heavy atom. The minimum Gasteiger partial charge on any atom is -0.0651 e. The van der Waals surface area contributed by atoms with Crippen molar-refractivity contribution in [2.75, 3.05) is 0 Å². The van der Waals surface area contributed by atoms with E-state index in [-0.39, 0.29) is 0 Å². The molecule has 1 heteroatoms. The third-order valence-electron chi connectivity index (χ3n) is 12.4. The van der Waals surface area contributed by atoms with Gasteiger partial charge in [-0.25, -0.2) is 0 Å². The minimum atomic E-state index is 0.500. The zero-order valence-electron chi connectivity index (χ0n) is 31.9.